The Morgan fingerprint density at radius 3 is 0.648 bits per heavy atom. The lowest BCUT2D eigenvalue weighted by atomic mass is 10.0. The average molecular weight is 1540 g/mol. The minimum absolute atomic E-state index is 0.108. The number of phosphoric ester groups is 2. The summed E-state index contributed by atoms with van der Waals surface area (Å²) in [5, 5.41) is 10.7. The number of aliphatic hydroxyl groups is 1. The quantitative estimate of drug-likeness (QED) is 0.0222. The highest BCUT2D eigenvalue weighted by Crippen LogP contribution is 2.45. The molecule has 19 heteroatoms. The van der Waals surface area contributed by atoms with Gasteiger partial charge < -0.3 is 33.8 Å². The van der Waals surface area contributed by atoms with Crippen molar-refractivity contribution in [1.82, 2.24) is 0 Å². The van der Waals surface area contributed by atoms with E-state index < -0.39 is 97.5 Å². The maximum absolute atomic E-state index is 13.1. The molecule has 0 aliphatic rings. The van der Waals surface area contributed by atoms with Gasteiger partial charge in [-0.2, -0.15) is 0 Å². The van der Waals surface area contributed by atoms with E-state index >= 15 is 0 Å². The van der Waals surface area contributed by atoms with Crippen molar-refractivity contribution in [2.24, 2.45) is 17.8 Å². The van der Waals surface area contributed by atoms with Crippen LogP contribution >= 0.6 is 15.6 Å². The molecule has 0 saturated heterocycles. The van der Waals surface area contributed by atoms with E-state index in [-0.39, 0.29) is 25.7 Å². The Morgan fingerprint density at radius 1 is 0.257 bits per heavy atom. The molecule has 0 aliphatic carbocycles. The second kappa shape index (κ2) is 76.1. The molecule has 0 bridgehead atoms. The van der Waals surface area contributed by atoms with Crippen LogP contribution in [0.4, 0.5) is 0 Å². The number of hydrogen-bond donors (Lipinski definition) is 3. The molecular formula is C86H168O17P2. The molecule has 0 aliphatic heterocycles. The molecule has 0 heterocycles. The summed E-state index contributed by atoms with van der Waals surface area (Å²) in [6.45, 7) is 12.0. The molecule has 105 heavy (non-hydrogen) atoms. The van der Waals surface area contributed by atoms with E-state index in [4.69, 9.17) is 37.0 Å². The lowest BCUT2D eigenvalue weighted by Crippen LogP contribution is -2.30. The van der Waals surface area contributed by atoms with E-state index in [9.17, 15) is 43.2 Å². The van der Waals surface area contributed by atoms with Crippen LogP contribution in [0.1, 0.15) is 453 Å². The van der Waals surface area contributed by atoms with Gasteiger partial charge in [-0.15, -0.1) is 0 Å². The third-order valence-corrected chi connectivity index (χ3v) is 22.0. The first kappa shape index (κ1) is 103. The van der Waals surface area contributed by atoms with Crippen LogP contribution in [0.25, 0.3) is 0 Å². The molecule has 0 aromatic rings. The Morgan fingerprint density at radius 2 is 0.438 bits per heavy atom. The van der Waals surface area contributed by atoms with Crippen LogP contribution in [-0.4, -0.2) is 96.7 Å². The Kier molecular flexibility index (Phi) is 74.7. The average Bonchev–Trinajstić information content (AvgIpc) is 0.908. The summed E-state index contributed by atoms with van der Waals surface area (Å²) in [6, 6.07) is 0. The first-order valence-electron chi connectivity index (χ1n) is 44.3. The Hall–Kier alpha value is -1.94. The predicted octanol–water partition coefficient (Wildman–Crippen LogP) is 26.1. The van der Waals surface area contributed by atoms with Crippen LogP contribution in [0.2, 0.25) is 0 Å². The zero-order chi connectivity index (χ0) is 77.2. The molecular weight excluding hydrogens is 1370 g/mol. The molecule has 0 rings (SSSR count). The van der Waals surface area contributed by atoms with Gasteiger partial charge in [-0.1, -0.05) is 402 Å². The van der Waals surface area contributed by atoms with Crippen molar-refractivity contribution in [3.63, 3.8) is 0 Å². The first-order valence-corrected chi connectivity index (χ1v) is 47.3. The van der Waals surface area contributed by atoms with E-state index in [2.05, 4.69) is 48.5 Å². The Bertz CT molecular complexity index is 2030. The third kappa shape index (κ3) is 79.9. The van der Waals surface area contributed by atoms with Gasteiger partial charge in [0.25, 0.3) is 0 Å². The van der Waals surface area contributed by atoms with Crippen LogP contribution in [0.15, 0.2) is 0 Å². The molecule has 0 aromatic carbocycles. The zero-order valence-electron chi connectivity index (χ0n) is 69.2. The van der Waals surface area contributed by atoms with Gasteiger partial charge in [0.15, 0.2) is 12.2 Å². The number of unbranched alkanes of at least 4 members (excludes halogenated alkanes) is 52. The second-order valence-corrected chi connectivity index (χ2v) is 35.3. The van der Waals surface area contributed by atoms with Crippen LogP contribution in [0, 0.1) is 17.8 Å². The van der Waals surface area contributed by atoms with Gasteiger partial charge in [-0.25, -0.2) is 9.13 Å². The number of ether oxygens (including phenoxy) is 4. The summed E-state index contributed by atoms with van der Waals surface area (Å²) in [6.07, 6.45) is 66.7. The van der Waals surface area contributed by atoms with Gasteiger partial charge in [-0.05, 0) is 43.4 Å². The number of esters is 4. The van der Waals surface area contributed by atoms with Gasteiger partial charge in [-0.3, -0.25) is 37.3 Å². The summed E-state index contributed by atoms with van der Waals surface area (Å²) in [7, 11) is -9.93. The largest absolute Gasteiger partial charge is 0.472 e. The SMILES string of the molecule is CCCCCCCCCCCCCCCCCCCC(=O)O[C@H](COC(=O)CCCCCCCCCC(C)C)COP(=O)(O)OC[C@H](O)COP(=O)(O)OC[C@@H](COC(=O)CCCCCCCCCCCCCCCCC(C)C)OC(=O)CCCCCCCCCCCCCCCCCCCCC(C)C. The van der Waals surface area contributed by atoms with E-state index in [1.807, 2.05) is 0 Å². The maximum Gasteiger partial charge on any atom is 0.472 e. The van der Waals surface area contributed by atoms with Crippen molar-refractivity contribution in [3.05, 3.63) is 0 Å². The monoisotopic (exact) mass is 1540 g/mol. The fourth-order valence-corrected chi connectivity index (χ4v) is 14.9. The highest BCUT2D eigenvalue weighted by molar-refractivity contribution is 7.47. The van der Waals surface area contributed by atoms with Crippen molar-refractivity contribution in [2.45, 2.75) is 471 Å². The molecule has 5 atom stereocenters. The highest BCUT2D eigenvalue weighted by Gasteiger charge is 2.30. The summed E-state index contributed by atoms with van der Waals surface area (Å²) in [5.74, 6) is 0.220. The molecule has 0 saturated carbocycles. The summed E-state index contributed by atoms with van der Waals surface area (Å²) >= 11 is 0. The van der Waals surface area contributed by atoms with Crippen molar-refractivity contribution in [2.75, 3.05) is 39.6 Å². The van der Waals surface area contributed by atoms with E-state index in [1.54, 1.807) is 0 Å². The minimum Gasteiger partial charge on any atom is -0.462 e. The number of hydrogen-bond acceptors (Lipinski definition) is 15. The van der Waals surface area contributed by atoms with Gasteiger partial charge in [0.1, 0.15) is 19.3 Å². The molecule has 3 N–H and O–H groups in total. The number of phosphoric acid groups is 2. The van der Waals surface area contributed by atoms with Gasteiger partial charge >= 0.3 is 39.5 Å². The molecule has 0 fully saturated rings. The summed E-state index contributed by atoms with van der Waals surface area (Å²) < 4.78 is 68.9. The Labute approximate surface area is 645 Å². The van der Waals surface area contributed by atoms with Crippen molar-refractivity contribution in [3.8, 4) is 0 Å². The van der Waals surface area contributed by atoms with Gasteiger partial charge in [0.05, 0.1) is 26.4 Å². The molecule has 0 aromatic heterocycles. The summed E-state index contributed by atoms with van der Waals surface area (Å²) in [5.41, 5.74) is 0. The first-order chi connectivity index (χ1) is 50.7. The molecule has 0 spiro atoms. The number of carbonyl (C=O) groups is 4. The number of rotatable bonds is 84. The third-order valence-electron chi connectivity index (χ3n) is 20.1. The number of aliphatic hydroxyl groups excluding tert-OH is 1. The lowest BCUT2D eigenvalue weighted by molar-refractivity contribution is -0.161. The fourth-order valence-electron chi connectivity index (χ4n) is 13.4. The van der Waals surface area contributed by atoms with Crippen LogP contribution in [0.3, 0.4) is 0 Å². The van der Waals surface area contributed by atoms with Crippen molar-refractivity contribution < 1.29 is 80.2 Å². The molecule has 0 radical (unpaired) electrons. The maximum atomic E-state index is 13.1. The van der Waals surface area contributed by atoms with Crippen molar-refractivity contribution >= 4 is 39.5 Å². The van der Waals surface area contributed by atoms with E-state index in [0.29, 0.717) is 31.6 Å². The number of carbonyl (C=O) groups excluding carboxylic acids is 4. The smallest absolute Gasteiger partial charge is 0.462 e. The van der Waals surface area contributed by atoms with Gasteiger partial charge in [0.2, 0.25) is 0 Å². The van der Waals surface area contributed by atoms with Gasteiger partial charge in [0, 0.05) is 25.7 Å². The van der Waals surface area contributed by atoms with Crippen molar-refractivity contribution in [1.29, 1.82) is 0 Å². The fraction of sp³-hybridized carbons (Fsp3) is 0.953. The standard InChI is InChI=1S/C86H168O17P2/c1-8-9-10-11-12-13-14-15-16-19-23-30-35-40-47-55-62-70-86(91)103-82(74-97-84(89)68-61-54-49-42-45-52-59-66-79(6)7)76-101-105(94,95)99-72-80(87)71-98-104(92,93)100-75-81(73-96-83(88)67-60-53-46-39-34-29-26-25-28-33-38-44-51-58-65-78(4)5)102-85(90)69-63-56-48-41-36-31-24-21-18-17-20-22-27-32-37-43-50-57-64-77(2)3/h77-82,87H,8-76H2,1-7H3,(H,92,93)(H,94,95)/t80-,81-,82-/m1/s1. The molecule has 2 unspecified atom stereocenters. The molecule has 17 nitrogen and oxygen atoms in total. The van der Waals surface area contributed by atoms with Crippen LogP contribution in [-0.2, 0) is 65.4 Å². The van der Waals surface area contributed by atoms with E-state index in [1.165, 1.54) is 257 Å². The Balaban J connectivity index is 5.23. The second-order valence-electron chi connectivity index (χ2n) is 32.4. The van der Waals surface area contributed by atoms with Crippen LogP contribution in [0.5, 0.6) is 0 Å². The molecule has 624 valence electrons. The topological polar surface area (TPSA) is 237 Å². The highest BCUT2D eigenvalue weighted by atomic mass is 31.2. The lowest BCUT2D eigenvalue weighted by Gasteiger charge is -2.21. The predicted molar refractivity (Wildman–Crippen MR) is 432 cm³/mol. The zero-order valence-corrected chi connectivity index (χ0v) is 71.0. The summed E-state index contributed by atoms with van der Waals surface area (Å²) in [4.78, 5) is 73.2. The van der Waals surface area contributed by atoms with E-state index in [0.717, 1.165) is 108 Å². The van der Waals surface area contributed by atoms with Crippen LogP contribution < -0.4 is 0 Å². The minimum atomic E-state index is -4.97. The molecule has 0 amide bonds. The normalized spacial score (nSPS) is 13.9.